The van der Waals surface area contributed by atoms with Gasteiger partial charge in [-0.25, -0.2) is 0 Å². The number of carbonyl (C=O) groups excluding carboxylic acids is 1. The number of aliphatic hydroxyl groups excluding tert-OH is 1. The first kappa shape index (κ1) is 12.5. The number of rotatable bonds is 4. The molecule has 4 nitrogen and oxygen atoms in total. The minimum absolute atomic E-state index is 0.00592. The largest absolute Gasteiger partial charge is 0.393 e. The highest BCUT2D eigenvalue weighted by Crippen LogP contribution is 2.27. The van der Waals surface area contributed by atoms with E-state index in [4.69, 9.17) is 10.8 Å². The molecule has 1 aliphatic rings. The van der Waals surface area contributed by atoms with E-state index >= 15 is 0 Å². The van der Waals surface area contributed by atoms with Gasteiger partial charge in [0.25, 0.3) is 0 Å². The van der Waals surface area contributed by atoms with Gasteiger partial charge in [0.1, 0.15) is 0 Å². The van der Waals surface area contributed by atoms with E-state index in [-0.39, 0.29) is 17.9 Å². The topological polar surface area (TPSA) is 66.6 Å². The minimum Gasteiger partial charge on any atom is -0.393 e. The smallest absolute Gasteiger partial charge is 0.239 e. The minimum atomic E-state index is -0.403. The zero-order valence-electron chi connectivity index (χ0n) is 9.81. The molecule has 0 saturated heterocycles. The quantitative estimate of drug-likeness (QED) is 0.702. The van der Waals surface area contributed by atoms with Crippen molar-refractivity contribution in [1.82, 2.24) is 4.90 Å². The number of hydrogen-bond acceptors (Lipinski definition) is 3. The Morgan fingerprint density at radius 3 is 2.47 bits per heavy atom. The highest BCUT2D eigenvalue weighted by atomic mass is 16.3. The van der Waals surface area contributed by atoms with Gasteiger partial charge in [-0.15, -0.1) is 0 Å². The highest BCUT2D eigenvalue weighted by molar-refractivity contribution is 5.81. The van der Waals surface area contributed by atoms with E-state index in [0.29, 0.717) is 5.92 Å². The number of nitrogens with two attached hydrogens (primary N) is 1. The van der Waals surface area contributed by atoms with E-state index in [1.54, 1.807) is 11.9 Å². The molecule has 0 spiro atoms. The van der Waals surface area contributed by atoms with Crippen molar-refractivity contribution in [3.63, 3.8) is 0 Å². The summed E-state index contributed by atoms with van der Waals surface area (Å²) >= 11 is 0. The summed E-state index contributed by atoms with van der Waals surface area (Å²) in [5.41, 5.74) is 5.78. The van der Waals surface area contributed by atoms with E-state index in [1.807, 2.05) is 13.8 Å². The Morgan fingerprint density at radius 1 is 1.53 bits per heavy atom. The van der Waals surface area contributed by atoms with Crippen LogP contribution in [0.25, 0.3) is 0 Å². The SMILES string of the molecule is CC(C)C(N)C(=O)N(C)CC1CC(O)C1. The lowest BCUT2D eigenvalue weighted by molar-refractivity contribution is -0.133. The van der Waals surface area contributed by atoms with Gasteiger partial charge in [0.15, 0.2) is 0 Å². The molecule has 1 amide bonds. The molecule has 0 aromatic rings. The van der Waals surface area contributed by atoms with Gasteiger partial charge < -0.3 is 15.7 Å². The molecule has 0 aromatic carbocycles. The number of aliphatic hydroxyl groups is 1. The first-order chi connectivity index (χ1) is 6.91. The van der Waals surface area contributed by atoms with Gasteiger partial charge in [0, 0.05) is 13.6 Å². The van der Waals surface area contributed by atoms with Crippen molar-refractivity contribution in [2.45, 2.75) is 38.8 Å². The van der Waals surface area contributed by atoms with Gasteiger partial charge in [-0.2, -0.15) is 0 Å². The Balaban J connectivity index is 2.33. The Labute approximate surface area is 91.4 Å². The molecule has 1 unspecified atom stereocenters. The van der Waals surface area contributed by atoms with Crippen LogP contribution in [0.5, 0.6) is 0 Å². The maximum atomic E-state index is 11.8. The fourth-order valence-corrected chi connectivity index (χ4v) is 1.87. The van der Waals surface area contributed by atoms with Crippen LogP contribution in [-0.2, 0) is 4.79 Å². The molecule has 0 radical (unpaired) electrons. The summed E-state index contributed by atoms with van der Waals surface area (Å²) in [5, 5.41) is 9.14. The first-order valence-corrected chi connectivity index (χ1v) is 5.60. The van der Waals surface area contributed by atoms with E-state index in [1.165, 1.54) is 0 Å². The van der Waals surface area contributed by atoms with Crippen molar-refractivity contribution in [3.05, 3.63) is 0 Å². The van der Waals surface area contributed by atoms with E-state index < -0.39 is 6.04 Å². The van der Waals surface area contributed by atoms with Crippen LogP contribution in [0.15, 0.2) is 0 Å². The van der Waals surface area contributed by atoms with Gasteiger partial charge in [-0.1, -0.05) is 13.8 Å². The zero-order chi connectivity index (χ0) is 11.6. The van der Waals surface area contributed by atoms with E-state index in [2.05, 4.69) is 0 Å². The van der Waals surface area contributed by atoms with Crippen molar-refractivity contribution < 1.29 is 9.90 Å². The predicted octanol–water partition coefficient (Wildman–Crippen LogP) is 0.199. The number of nitrogens with zero attached hydrogens (tertiary/aromatic N) is 1. The van der Waals surface area contributed by atoms with Crippen LogP contribution in [0.3, 0.4) is 0 Å². The monoisotopic (exact) mass is 214 g/mol. The van der Waals surface area contributed by atoms with Crippen LogP contribution >= 0.6 is 0 Å². The maximum Gasteiger partial charge on any atom is 0.239 e. The molecule has 15 heavy (non-hydrogen) atoms. The molecule has 0 heterocycles. The summed E-state index contributed by atoms with van der Waals surface area (Å²) in [6.45, 7) is 4.61. The fourth-order valence-electron chi connectivity index (χ4n) is 1.87. The summed E-state index contributed by atoms with van der Waals surface area (Å²) < 4.78 is 0. The molecule has 1 aliphatic carbocycles. The lowest BCUT2D eigenvalue weighted by atomic mass is 9.82. The molecule has 1 fully saturated rings. The molecule has 1 rings (SSSR count). The second-order valence-corrected chi connectivity index (χ2v) is 4.98. The van der Waals surface area contributed by atoms with Crippen molar-refractivity contribution in [3.8, 4) is 0 Å². The third-order valence-corrected chi connectivity index (χ3v) is 3.12. The number of hydrogen-bond donors (Lipinski definition) is 2. The third-order valence-electron chi connectivity index (χ3n) is 3.12. The van der Waals surface area contributed by atoms with Crippen LogP contribution in [0, 0.1) is 11.8 Å². The Morgan fingerprint density at radius 2 is 2.07 bits per heavy atom. The highest BCUT2D eigenvalue weighted by Gasteiger charge is 2.30. The van der Waals surface area contributed by atoms with Crippen LogP contribution in [-0.4, -0.2) is 41.7 Å². The first-order valence-electron chi connectivity index (χ1n) is 5.60. The zero-order valence-corrected chi connectivity index (χ0v) is 9.81. The van der Waals surface area contributed by atoms with Crippen LogP contribution < -0.4 is 5.73 Å². The summed E-state index contributed by atoms with van der Waals surface area (Å²) in [4.78, 5) is 13.5. The Hall–Kier alpha value is -0.610. The number of amides is 1. The average Bonchev–Trinajstić information content (AvgIpc) is 2.12. The standard InChI is InChI=1S/C11H22N2O2/c1-7(2)10(12)11(15)13(3)6-8-4-9(14)5-8/h7-10,14H,4-6,12H2,1-3H3. The van der Waals surface area contributed by atoms with Crippen molar-refractivity contribution >= 4 is 5.91 Å². The molecule has 0 aromatic heterocycles. The molecule has 0 bridgehead atoms. The summed E-state index contributed by atoms with van der Waals surface area (Å²) in [5.74, 6) is 0.631. The van der Waals surface area contributed by atoms with Crippen molar-refractivity contribution in [1.29, 1.82) is 0 Å². The Kier molecular flexibility index (Phi) is 4.11. The maximum absolute atomic E-state index is 11.8. The summed E-state index contributed by atoms with van der Waals surface area (Å²) in [7, 11) is 1.79. The summed E-state index contributed by atoms with van der Waals surface area (Å²) in [6, 6.07) is -0.403. The van der Waals surface area contributed by atoms with Crippen LogP contribution in [0.1, 0.15) is 26.7 Å². The van der Waals surface area contributed by atoms with Gasteiger partial charge in [-0.05, 0) is 24.7 Å². The van der Waals surface area contributed by atoms with Gasteiger partial charge in [-0.3, -0.25) is 4.79 Å². The molecule has 3 N–H and O–H groups in total. The second-order valence-electron chi connectivity index (χ2n) is 4.98. The van der Waals surface area contributed by atoms with E-state index in [9.17, 15) is 4.79 Å². The number of carbonyl (C=O) groups is 1. The molecular formula is C11H22N2O2. The fraction of sp³-hybridized carbons (Fsp3) is 0.909. The van der Waals surface area contributed by atoms with Crippen LogP contribution in [0.4, 0.5) is 0 Å². The molecule has 1 saturated carbocycles. The van der Waals surface area contributed by atoms with Crippen molar-refractivity contribution in [2.24, 2.45) is 17.6 Å². The summed E-state index contributed by atoms with van der Waals surface area (Å²) in [6.07, 6.45) is 1.47. The van der Waals surface area contributed by atoms with Gasteiger partial charge >= 0.3 is 0 Å². The van der Waals surface area contributed by atoms with E-state index in [0.717, 1.165) is 19.4 Å². The van der Waals surface area contributed by atoms with Crippen molar-refractivity contribution in [2.75, 3.05) is 13.6 Å². The molecule has 1 atom stereocenters. The Bertz CT molecular complexity index is 225. The lowest BCUT2D eigenvalue weighted by Gasteiger charge is -2.35. The molecular weight excluding hydrogens is 192 g/mol. The predicted molar refractivity (Wildman–Crippen MR) is 59.2 cm³/mol. The number of likely N-dealkylation sites (N-methyl/N-ethyl adjacent to an activating group) is 1. The van der Waals surface area contributed by atoms with Crippen LogP contribution in [0.2, 0.25) is 0 Å². The second kappa shape index (κ2) is 4.94. The van der Waals surface area contributed by atoms with Gasteiger partial charge in [0.05, 0.1) is 12.1 Å². The molecule has 88 valence electrons. The molecule has 4 heteroatoms. The van der Waals surface area contributed by atoms with Gasteiger partial charge in [0.2, 0.25) is 5.91 Å². The third kappa shape index (κ3) is 3.18. The average molecular weight is 214 g/mol. The molecule has 0 aliphatic heterocycles. The lowest BCUT2D eigenvalue weighted by Crippen LogP contribution is -2.48. The normalized spacial score (nSPS) is 27.3.